The van der Waals surface area contributed by atoms with E-state index in [1.54, 1.807) is 17.1 Å². The number of carbonyl (C=O) groups is 2. The molecule has 5 heteroatoms. The molecule has 0 atom stereocenters. The van der Waals surface area contributed by atoms with E-state index in [0.29, 0.717) is 13.2 Å². The number of esters is 1. The second-order valence-corrected chi connectivity index (χ2v) is 5.81. The summed E-state index contributed by atoms with van der Waals surface area (Å²) in [5.74, 6) is 0.401. The Labute approximate surface area is 143 Å². The zero-order chi connectivity index (χ0) is 17.4. The van der Waals surface area contributed by atoms with E-state index in [1.807, 2.05) is 24.3 Å². The number of ether oxygens (including phenoxy) is 2. The molecule has 0 aromatic heterocycles. The van der Waals surface area contributed by atoms with Gasteiger partial charge in [0, 0.05) is 24.2 Å². The van der Waals surface area contributed by atoms with Gasteiger partial charge in [0.2, 0.25) is 5.91 Å². The first-order valence-electron chi connectivity index (χ1n) is 8.43. The van der Waals surface area contributed by atoms with Gasteiger partial charge in [-0.05, 0) is 31.4 Å². The highest BCUT2D eigenvalue weighted by molar-refractivity contribution is 5.92. The van der Waals surface area contributed by atoms with E-state index in [1.165, 1.54) is 7.11 Å². The van der Waals surface area contributed by atoms with Crippen molar-refractivity contribution in [3.05, 3.63) is 35.9 Å². The number of benzene rings is 1. The van der Waals surface area contributed by atoms with E-state index in [4.69, 9.17) is 4.74 Å². The van der Waals surface area contributed by atoms with Crippen molar-refractivity contribution in [1.82, 2.24) is 4.90 Å². The van der Waals surface area contributed by atoms with E-state index in [-0.39, 0.29) is 24.3 Å². The summed E-state index contributed by atoms with van der Waals surface area (Å²) in [6.45, 7) is 3.09. The number of rotatable bonds is 9. The summed E-state index contributed by atoms with van der Waals surface area (Å²) in [6.07, 6.45) is 6.49. The molecule has 1 aromatic carbocycles. The van der Waals surface area contributed by atoms with Crippen molar-refractivity contribution in [2.45, 2.75) is 38.6 Å². The Morgan fingerprint density at radius 1 is 1.29 bits per heavy atom. The van der Waals surface area contributed by atoms with Crippen molar-refractivity contribution >= 4 is 18.0 Å². The predicted octanol–water partition coefficient (Wildman–Crippen LogP) is 3.04. The first-order valence-corrected chi connectivity index (χ1v) is 8.43. The Morgan fingerprint density at radius 2 is 2.04 bits per heavy atom. The third-order valence-corrected chi connectivity index (χ3v) is 3.84. The summed E-state index contributed by atoms with van der Waals surface area (Å²) >= 11 is 0. The summed E-state index contributed by atoms with van der Waals surface area (Å²) in [4.78, 5) is 25.5. The molecular formula is C19H25NO4. The molecule has 0 spiro atoms. The average molecular weight is 331 g/mol. The summed E-state index contributed by atoms with van der Waals surface area (Å²) < 4.78 is 10.3. The lowest BCUT2D eigenvalue weighted by Gasteiger charge is -2.20. The van der Waals surface area contributed by atoms with E-state index < -0.39 is 0 Å². The second-order valence-electron chi connectivity index (χ2n) is 5.81. The summed E-state index contributed by atoms with van der Waals surface area (Å²) in [7, 11) is 1.36. The standard InChI is InChI=1S/C19H25NO4/c1-3-14-24-17-7-5-4-6-15(17)8-11-18(21)20(16-9-10-16)13-12-19(22)23-2/h4-8,11,16H,3,9-10,12-14H2,1-2H3/b11-8+. The smallest absolute Gasteiger partial charge is 0.307 e. The van der Waals surface area contributed by atoms with Crippen molar-refractivity contribution in [1.29, 1.82) is 0 Å². The van der Waals surface area contributed by atoms with Crippen LogP contribution in [0.3, 0.4) is 0 Å². The number of hydrogen-bond acceptors (Lipinski definition) is 4. The first-order chi connectivity index (χ1) is 11.7. The SMILES string of the molecule is CCCOc1ccccc1/C=C/C(=O)N(CCC(=O)OC)C1CC1. The van der Waals surface area contributed by atoms with Crippen molar-refractivity contribution in [3.63, 3.8) is 0 Å². The fourth-order valence-corrected chi connectivity index (χ4v) is 2.39. The van der Waals surface area contributed by atoms with Gasteiger partial charge in [0.1, 0.15) is 5.75 Å². The average Bonchev–Trinajstić information content (AvgIpc) is 3.43. The van der Waals surface area contributed by atoms with Crippen molar-refractivity contribution in [3.8, 4) is 5.75 Å². The van der Waals surface area contributed by atoms with Crippen LogP contribution in [0.1, 0.15) is 38.2 Å². The molecule has 1 fully saturated rings. The van der Waals surface area contributed by atoms with Gasteiger partial charge in [-0.3, -0.25) is 9.59 Å². The maximum Gasteiger partial charge on any atom is 0.307 e. The first kappa shape index (κ1) is 18.0. The van der Waals surface area contributed by atoms with Crippen LogP contribution < -0.4 is 4.74 Å². The van der Waals surface area contributed by atoms with Crippen LogP contribution in [0.25, 0.3) is 6.08 Å². The molecule has 0 heterocycles. The molecule has 1 saturated carbocycles. The minimum atomic E-state index is -0.296. The molecule has 130 valence electrons. The van der Waals surface area contributed by atoms with Gasteiger partial charge in [0.25, 0.3) is 0 Å². The number of nitrogens with zero attached hydrogens (tertiary/aromatic N) is 1. The molecule has 2 rings (SSSR count). The Hall–Kier alpha value is -2.30. The van der Waals surface area contributed by atoms with Crippen molar-refractivity contribution in [2.24, 2.45) is 0 Å². The predicted molar refractivity (Wildman–Crippen MR) is 92.6 cm³/mol. The Kier molecular flexibility index (Phi) is 6.85. The van der Waals surface area contributed by atoms with Crippen LogP contribution in [-0.2, 0) is 14.3 Å². The fraction of sp³-hybridized carbons (Fsp3) is 0.474. The number of hydrogen-bond donors (Lipinski definition) is 0. The number of carbonyl (C=O) groups excluding carboxylic acids is 2. The van der Waals surface area contributed by atoms with Crippen molar-refractivity contribution < 1.29 is 19.1 Å². The number of amides is 1. The van der Waals surface area contributed by atoms with Crippen LogP contribution in [0.5, 0.6) is 5.75 Å². The van der Waals surface area contributed by atoms with Crippen LogP contribution >= 0.6 is 0 Å². The normalized spacial score (nSPS) is 13.8. The lowest BCUT2D eigenvalue weighted by atomic mass is 10.2. The molecule has 0 radical (unpaired) electrons. The zero-order valence-electron chi connectivity index (χ0n) is 14.4. The molecule has 0 saturated heterocycles. The third-order valence-electron chi connectivity index (χ3n) is 3.84. The molecule has 24 heavy (non-hydrogen) atoms. The summed E-state index contributed by atoms with van der Waals surface area (Å²) in [5.41, 5.74) is 0.878. The van der Waals surface area contributed by atoms with Gasteiger partial charge in [0.15, 0.2) is 0 Å². The molecule has 1 amide bonds. The second kappa shape index (κ2) is 9.11. The monoisotopic (exact) mass is 331 g/mol. The van der Waals surface area contributed by atoms with Gasteiger partial charge in [-0.25, -0.2) is 0 Å². The number of methoxy groups -OCH3 is 1. The zero-order valence-corrected chi connectivity index (χ0v) is 14.4. The third kappa shape index (κ3) is 5.41. The Morgan fingerprint density at radius 3 is 2.71 bits per heavy atom. The van der Waals surface area contributed by atoms with E-state index in [0.717, 1.165) is 30.6 Å². The van der Waals surface area contributed by atoms with Crippen LogP contribution in [0.4, 0.5) is 0 Å². The highest BCUT2D eigenvalue weighted by Gasteiger charge is 2.31. The van der Waals surface area contributed by atoms with E-state index in [9.17, 15) is 9.59 Å². The fourth-order valence-electron chi connectivity index (χ4n) is 2.39. The molecule has 5 nitrogen and oxygen atoms in total. The van der Waals surface area contributed by atoms with Crippen LogP contribution in [0, 0.1) is 0 Å². The van der Waals surface area contributed by atoms with Crippen LogP contribution in [0.15, 0.2) is 30.3 Å². The largest absolute Gasteiger partial charge is 0.493 e. The van der Waals surface area contributed by atoms with E-state index in [2.05, 4.69) is 11.7 Å². The van der Waals surface area contributed by atoms with E-state index >= 15 is 0 Å². The highest BCUT2D eigenvalue weighted by Crippen LogP contribution is 2.27. The molecule has 0 unspecified atom stereocenters. The molecule has 1 aliphatic rings. The van der Waals surface area contributed by atoms with Gasteiger partial charge >= 0.3 is 5.97 Å². The maximum atomic E-state index is 12.5. The minimum absolute atomic E-state index is 0.0771. The quantitative estimate of drug-likeness (QED) is 0.515. The Balaban J connectivity index is 2.01. The Bertz CT molecular complexity index is 593. The molecule has 0 aliphatic heterocycles. The van der Waals surface area contributed by atoms with Gasteiger partial charge in [-0.1, -0.05) is 25.1 Å². The summed E-state index contributed by atoms with van der Waals surface area (Å²) in [6, 6.07) is 7.90. The van der Waals surface area contributed by atoms with Crippen molar-refractivity contribution in [2.75, 3.05) is 20.3 Å². The lowest BCUT2D eigenvalue weighted by Crippen LogP contribution is -2.33. The minimum Gasteiger partial charge on any atom is -0.493 e. The van der Waals surface area contributed by atoms with Crippen LogP contribution in [-0.4, -0.2) is 43.1 Å². The van der Waals surface area contributed by atoms with Gasteiger partial charge in [-0.15, -0.1) is 0 Å². The van der Waals surface area contributed by atoms with Gasteiger partial charge in [0.05, 0.1) is 20.1 Å². The van der Waals surface area contributed by atoms with Gasteiger partial charge in [-0.2, -0.15) is 0 Å². The number of para-hydroxylation sites is 1. The molecular weight excluding hydrogens is 306 g/mol. The topological polar surface area (TPSA) is 55.8 Å². The molecule has 0 bridgehead atoms. The molecule has 1 aliphatic carbocycles. The highest BCUT2D eigenvalue weighted by atomic mass is 16.5. The lowest BCUT2D eigenvalue weighted by molar-refractivity contribution is -0.141. The molecule has 1 aromatic rings. The van der Waals surface area contributed by atoms with Crippen LogP contribution in [0.2, 0.25) is 0 Å². The maximum absolute atomic E-state index is 12.5. The van der Waals surface area contributed by atoms with Gasteiger partial charge < -0.3 is 14.4 Å². The summed E-state index contributed by atoms with van der Waals surface area (Å²) in [5, 5.41) is 0. The molecule has 0 N–H and O–H groups in total.